The van der Waals surface area contributed by atoms with Gasteiger partial charge in [-0.2, -0.15) is 0 Å². The first-order chi connectivity index (χ1) is 9.19. The molecule has 0 saturated heterocycles. The maximum absolute atomic E-state index is 11.5. The number of rotatable bonds is 5. The van der Waals surface area contributed by atoms with E-state index < -0.39 is 5.97 Å². The van der Waals surface area contributed by atoms with Gasteiger partial charge in [0.1, 0.15) is 5.52 Å². The quantitative estimate of drug-likeness (QED) is 0.823. The number of benzene rings is 1. The maximum Gasteiger partial charge on any atom is 0.306 e. The number of methoxy groups -OCH3 is 1. The van der Waals surface area contributed by atoms with Gasteiger partial charge in [-0.3, -0.25) is 9.59 Å². The number of amides is 1. The zero-order valence-corrected chi connectivity index (χ0v) is 10.5. The molecule has 6 nitrogen and oxygen atoms in total. The Morgan fingerprint density at radius 1 is 1.37 bits per heavy atom. The molecule has 0 spiro atoms. The van der Waals surface area contributed by atoms with Crippen LogP contribution in [0, 0.1) is 0 Å². The highest BCUT2D eigenvalue weighted by atomic mass is 16.5. The average Bonchev–Trinajstić information content (AvgIpc) is 2.89. The van der Waals surface area contributed by atoms with Gasteiger partial charge in [-0.15, -0.1) is 0 Å². The molecule has 19 heavy (non-hydrogen) atoms. The molecule has 100 valence electrons. The van der Waals surface area contributed by atoms with E-state index in [1.807, 2.05) is 18.2 Å². The summed E-state index contributed by atoms with van der Waals surface area (Å²) in [5, 5.41) is 2.73. The van der Waals surface area contributed by atoms with E-state index in [-0.39, 0.29) is 18.7 Å². The molecule has 0 aliphatic carbocycles. The molecule has 1 aromatic heterocycles. The molecular formula is C13H14N2O4. The zero-order chi connectivity index (χ0) is 13.7. The summed E-state index contributed by atoms with van der Waals surface area (Å²) in [6.07, 6.45) is 1.59. The number of carbonyl (C=O) groups excluding carboxylic acids is 2. The number of nitrogens with zero attached hydrogens (tertiary/aromatic N) is 1. The largest absolute Gasteiger partial charge is 0.469 e. The molecule has 1 aromatic carbocycles. The van der Waals surface area contributed by atoms with Crippen LogP contribution in [0.1, 0.15) is 18.4 Å². The van der Waals surface area contributed by atoms with Gasteiger partial charge in [-0.25, -0.2) is 4.98 Å². The third-order valence-electron chi connectivity index (χ3n) is 2.67. The summed E-state index contributed by atoms with van der Waals surface area (Å²) in [6, 6.07) is 5.52. The van der Waals surface area contributed by atoms with Crippen molar-refractivity contribution in [2.45, 2.75) is 19.4 Å². The van der Waals surface area contributed by atoms with Crippen molar-refractivity contribution in [2.75, 3.05) is 7.11 Å². The topological polar surface area (TPSA) is 81.4 Å². The van der Waals surface area contributed by atoms with Gasteiger partial charge in [-0.1, -0.05) is 6.07 Å². The van der Waals surface area contributed by atoms with E-state index in [1.165, 1.54) is 13.5 Å². The average molecular weight is 262 g/mol. The number of hydrogen-bond donors (Lipinski definition) is 1. The molecule has 0 fully saturated rings. The van der Waals surface area contributed by atoms with Gasteiger partial charge in [0.15, 0.2) is 12.0 Å². The summed E-state index contributed by atoms with van der Waals surface area (Å²) in [5.74, 6) is -0.582. The fraction of sp³-hybridized carbons (Fsp3) is 0.308. The van der Waals surface area contributed by atoms with E-state index in [4.69, 9.17) is 4.42 Å². The van der Waals surface area contributed by atoms with Crippen molar-refractivity contribution in [2.24, 2.45) is 0 Å². The lowest BCUT2D eigenvalue weighted by Gasteiger charge is -2.04. The summed E-state index contributed by atoms with van der Waals surface area (Å²) in [7, 11) is 1.30. The SMILES string of the molecule is COC(=O)CCC(=O)NCc1ccc2ncoc2c1. The minimum Gasteiger partial charge on any atom is -0.469 e. The molecule has 0 unspecified atom stereocenters. The second kappa shape index (κ2) is 5.99. The highest BCUT2D eigenvalue weighted by Crippen LogP contribution is 2.14. The van der Waals surface area contributed by atoms with Gasteiger partial charge in [0.2, 0.25) is 5.91 Å². The summed E-state index contributed by atoms with van der Waals surface area (Å²) in [4.78, 5) is 26.4. The molecule has 2 aromatic rings. The first-order valence-electron chi connectivity index (χ1n) is 5.84. The van der Waals surface area contributed by atoms with Gasteiger partial charge >= 0.3 is 5.97 Å². The Bertz CT molecular complexity index is 591. The smallest absolute Gasteiger partial charge is 0.306 e. The third kappa shape index (κ3) is 3.54. The Balaban J connectivity index is 1.84. The van der Waals surface area contributed by atoms with Crippen LogP contribution in [-0.4, -0.2) is 24.0 Å². The normalized spacial score (nSPS) is 10.4. The van der Waals surface area contributed by atoms with Crippen LogP contribution in [0.2, 0.25) is 0 Å². The van der Waals surface area contributed by atoms with Crippen LogP contribution in [0.3, 0.4) is 0 Å². The van der Waals surface area contributed by atoms with E-state index >= 15 is 0 Å². The van der Waals surface area contributed by atoms with Gasteiger partial charge < -0.3 is 14.5 Å². The van der Waals surface area contributed by atoms with E-state index in [0.717, 1.165) is 11.1 Å². The Hall–Kier alpha value is -2.37. The Kier molecular flexibility index (Phi) is 4.12. The predicted octanol–water partition coefficient (Wildman–Crippen LogP) is 1.40. The van der Waals surface area contributed by atoms with Crippen LogP contribution in [0.4, 0.5) is 0 Å². The number of hydrogen-bond acceptors (Lipinski definition) is 5. The van der Waals surface area contributed by atoms with Crippen LogP contribution in [0.5, 0.6) is 0 Å². The molecule has 0 aliphatic heterocycles. The highest BCUT2D eigenvalue weighted by molar-refractivity contribution is 5.81. The maximum atomic E-state index is 11.5. The van der Waals surface area contributed by atoms with Crippen molar-refractivity contribution in [1.82, 2.24) is 10.3 Å². The second-order valence-electron chi connectivity index (χ2n) is 4.01. The van der Waals surface area contributed by atoms with E-state index in [1.54, 1.807) is 0 Å². The Morgan fingerprint density at radius 3 is 3.00 bits per heavy atom. The molecule has 2 rings (SSSR count). The summed E-state index contributed by atoms with van der Waals surface area (Å²) in [5.41, 5.74) is 2.37. The number of nitrogens with one attached hydrogen (secondary N) is 1. The number of oxazole rings is 1. The monoisotopic (exact) mass is 262 g/mol. The standard InChI is InChI=1S/C13H14N2O4/c1-18-13(17)5-4-12(16)14-7-9-2-3-10-11(6-9)19-8-15-10/h2-3,6,8H,4-5,7H2,1H3,(H,14,16). The fourth-order valence-electron chi connectivity index (χ4n) is 1.62. The molecule has 0 atom stereocenters. The van der Waals surface area contributed by atoms with Crippen molar-refractivity contribution in [1.29, 1.82) is 0 Å². The van der Waals surface area contributed by atoms with Gasteiger partial charge in [0, 0.05) is 13.0 Å². The lowest BCUT2D eigenvalue weighted by molar-refractivity contribution is -0.142. The second-order valence-corrected chi connectivity index (χ2v) is 4.01. The van der Waals surface area contributed by atoms with Crippen LogP contribution in [0.15, 0.2) is 29.0 Å². The number of esters is 1. The minimum atomic E-state index is -0.391. The molecule has 0 bridgehead atoms. The molecule has 0 radical (unpaired) electrons. The summed E-state index contributed by atoms with van der Waals surface area (Å²) < 4.78 is 9.64. The van der Waals surface area contributed by atoms with Crippen molar-refractivity contribution >= 4 is 23.0 Å². The zero-order valence-electron chi connectivity index (χ0n) is 10.5. The van der Waals surface area contributed by atoms with Crippen LogP contribution in [0.25, 0.3) is 11.1 Å². The molecule has 0 aliphatic rings. The first-order valence-corrected chi connectivity index (χ1v) is 5.84. The molecule has 6 heteroatoms. The number of aromatic nitrogens is 1. The van der Waals surface area contributed by atoms with Crippen molar-refractivity contribution in [3.63, 3.8) is 0 Å². The molecule has 1 heterocycles. The lowest BCUT2D eigenvalue weighted by atomic mass is 10.2. The van der Waals surface area contributed by atoms with E-state index in [2.05, 4.69) is 15.0 Å². The molecule has 1 amide bonds. The first kappa shape index (κ1) is 13.1. The van der Waals surface area contributed by atoms with Gasteiger partial charge in [0.05, 0.1) is 13.5 Å². The minimum absolute atomic E-state index is 0.0868. The van der Waals surface area contributed by atoms with Crippen LogP contribution >= 0.6 is 0 Å². The summed E-state index contributed by atoms with van der Waals surface area (Å²) >= 11 is 0. The lowest BCUT2D eigenvalue weighted by Crippen LogP contribution is -2.23. The fourth-order valence-corrected chi connectivity index (χ4v) is 1.62. The van der Waals surface area contributed by atoms with Crippen molar-refractivity contribution < 1.29 is 18.7 Å². The Morgan fingerprint density at radius 2 is 2.21 bits per heavy atom. The van der Waals surface area contributed by atoms with E-state index in [0.29, 0.717) is 12.1 Å². The van der Waals surface area contributed by atoms with Gasteiger partial charge in [0.25, 0.3) is 0 Å². The van der Waals surface area contributed by atoms with Gasteiger partial charge in [-0.05, 0) is 17.7 Å². The van der Waals surface area contributed by atoms with Crippen LogP contribution < -0.4 is 5.32 Å². The molecule has 0 saturated carbocycles. The number of fused-ring (bicyclic) bond motifs is 1. The van der Waals surface area contributed by atoms with Crippen LogP contribution in [-0.2, 0) is 20.9 Å². The Labute approximate surface area is 109 Å². The third-order valence-corrected chi connectivity index (χ3v) is 2.67. The van der Waals surface area contributed by atoms with Crippen molar-refractivity contribution in [3.8, 4) is 0 Å². The number of ether oxygens (including phenoxy) is 1. The molecule has 1 N–H and O–H groups in total. The highest BCUT2D eigenvalue weighted by Gasteiger charge is 2.07. The predicted molar refractivity (Wildman–Crippen MR) is 67.1 cm³/mol. The summed E-state index contributed by atoms with van der Waals surface area (Å²) in [6.45, 7) is 0.386. The number of carbonyl (C=O) groups is 2. The van der Waals surface area contributed by atoms with E-state index in [9.17, 15) is 9.59 Å². The molecular weight excluding hydrogens is 248 g/mol. The van der Waals surface area contributed by atoms with Crippen molar-refractivity contribution in [3.05, 3.63) is 30.2 Å².